The van der Waals surface area contributed by atoms with Crippen LogP contribution in [0, 0.1) is 0 Å². The Morgan fingerprint density at radius 2 is 1.89 bits per heavy atom. The molecule has 1 heterocycles. The van der Waals surface area contributed by atoms with Gasteiger partial charge in [0.05, 0.1) is 12.8 Å². The zero-order chi connectivity index (χ0) is 19.8. The van der Waals surface area contributed by atoms with Gasteiger partial charge in [-0.3, -0.25) is 9.59 Å². The van der Waals surface area contributed by atoms with Crippen molar-refractivity contribution in [3.8, 4) is 17.2 Å². The number of benzene rings is 2. The summed E-state index contributed by atoms with van der Waals surface area (Å²) in [6.07, 6.45) is 3.53. The van der Waals surface area contributed by atoms with Crippen LogP contribution in [0.1, 0.15) is 25.3 Å². The van der Waals surface area contributed by atoms with E-state index in [1.165, 1.54) is 6.21 Å². The number of anilines is 1. The summed E-state index contributed by atoms with van der Waals surface area (Å²) >= 11 is 0. The monoisotopic (exact) mass is 383 g/mol. The summed E-state index contributed by atoms with van der Waals surface area (Å²) in [5.74, 6) is 0.161. The molecule has 1 aliphatic heterocycles. The molecular weight excluding hydrogens is 362 g/mol. The van der Waals surface area contributed by atoms with Crippen LogP contribution in [0.5, 0.6) is 17.2 Å². The lowest BCUT2D eigenvalue weighted by Gasteiger charge is -2.05. The van der Waals surface area contributed by atoms with Crippen molar-refractivity contribution in [3.05, 3.63) is 48.0 Å². The molecule has 28 heavy (non-hydrogen) atoms. The van der Waals surface area contributed by atoms with Gasteiger partial charge in [0.15, 0.2) is 11.5 Å². The van der Waals surface area contributed by atoms with Crippen molar-refractivity contribution in [2.24, 2.45) is 5.10 Å². The van der Waals surface area contributed by atoms with Gasteiger partial charge < -0.3 is 19.5 Å². The Labute approximate surface area is 162 Å². The number of hydrogen-bond donors (Lipinski definition) is 2. The first-order valence-electron chi connectivity index (χ1n) is 8.92. The van der Waals surface area contributed by atoms with Crippen molar-refractivity contribution in [1.29, 1.82) is 0 Å². The molecule has 2 aromatic rings. The van der Waals surface area contributed by atoms with Crippen molar-refractivity contribution in [2.45, 2.75) is 19.8 Å². The van der Waals surface area contributed by atoms with Crippen LogP contribution >= 0.6 is 0 Å². The Bertz CT molecular complexity index is 865. The smallest absolute Gasteiger partial charge is 0.329 e. The summed E-state index contributed by atoms with van der Waals surface area (Å²) in [5, 5.41) is 6.27. The van der Waals surface area contributed by atoms with Crippen LogP contribution in [0.15, 0.2) is 47.6 Å². The number of carbonyl (C=O) groups is 2. The Morgan fingerprint density at radius 3 is 2.68 bits per heavy atom. The zero-order valence-corrected chi connectivity index (χ0v) is 15.4. The first-order chi connectivity index (χ1) is 13.7. The lowest BCUT2D eigenvalue weighted by molar-refractivity contribution is -0.136. The molecular formula is C20H21N3O5. The largest absolute Gasteiger partial charge is 0.494 e. The van der Waals surface area contributed by atoms with Gasteiger partial charge in [0.1, 0.15) is 5.75 Å². The molecule has 1 aliphatic rings. The standard InChI is InChI=1S/C20H21N3O5/c1-2-3-10-26-16-7-4-14(5-8-16)12-21-23-20(25)19(24)22-15-6-9-17-18(11-15)28-13-27-17/h4-9,11-12H,2-3,10,13H2,1H3,(H,22,24)(H,23,25)/b21-12-. The summed E-state index contributed by atoms with van der Waals surface area (Å²) in [5.41, 5.74) is 3.38. The van der Waals surface area contributed by atoms with E-state index in [2.05, 4.69) is 22.8 Å². The molecule has 0 aliphatic carbocycles. The van der Waals surface area contributed by atoms with Gasteiger partial charge in [0.25, 0.3) is 0 Å². The third-order valence-electron chi connectivity index (χ3n) is 3.86. The minimum atomic E-state index is -0.881. The van der Waals surface area contributed by atoms with E-state index in [9.17, 15) is 9.59 Å². The van der Waals surface area contributed by atoms with Gasteiger partial charge in [-0.25, -0.2) is 5.43 Å². The highest BCUT2D eigenvalue weighted by Crippen LogP contribution is 2.34. The molecule has 0 bridgehead atoms. The fraction of sp³-hybridized carbons (Fsp3) is 0.250. The SMILES string of the molecule is CCCCOc1ccc(/C=N\NC(=O)C(=O)Nc2ccc3c(c2)OCO3)cc1. The number of hydrogen-bond acceptors (Lipinski definition) is 6. The third kappa shape index (κ3) is 5.23. The normalized spacial score (nSPS) is 12.0. The average molecular weight is 383 g/mol. The molecule has 2 aromatic carbocycles. The first-order valence-corrected chi connectivity index (χ1v) is 8.92. The van der Waals surface area contributed by atoms with Crippen LogP contribution in [0.3, 0.4) is 0 Å². The topological polar surface area (TPSA) is 98.2 Å². The van der Waals surface area contributed by atoms with Gasteiger partial charge in [-0.05, 0) is 48.4 Å². The molecule has 3 rings (SSSR count). The number of nitrogens with one attached hydrogen (secondary N) is 2. The summed E-state index contributed by atoms with van der Waals surface area (Å²) in [6, 6.07) is 12.1. The van der Waals surface area contributed by atoms with Gasteiger partial charge in [-0.2, -0.15) is 5.10 Å². The zero-order valence-electron chi connectivity index (χ0n) is 15.4. The minimum absolute atomic E-state index is 0.133. The molecule has 2 amide bonds. The van der Waals surface area contributed by atoms with Crippen LogP contribution in [0.4, 0.5) is 5.69 Å². The van der Waals surface area contributed by atoms with Crippen LogP contribution in [-0.2, 0) is 9.59 Å². The molecule has 0 radical (unpaired) electrons. The molecule has 0 spiro atoms. The van der Waals surface area contributed by atoms with Crippen LogP contribution in [0.25, 0.3) is 0 Å². The summed E-state index contributed by atoms with van der Waals surface area (Å²) < 4.78 is 16.0. The maximum atomic E-state index is 11.9. The van der Waals surface area contributed by atoms with E-state index >= 15 is 0 Å². The average Bonchev–Trinajstić information content (AvgIpc) is 3.17. The molecule has 8 nitrogen and oxygen atoms in total. The van der Waals surface area contributed by atoms with E-state index in [0.717, 1.165) is 24.2 Å². The molecule has 146 valence electrons. The molecule has 0 atom stereocenters. The number of ether oxygens (including phenoxy) is 3. The van der Waals surface area contributed by atoms with Crippen molar-refractivity contribution in [1.82, 2.24) is 5.43 Å². The fourth-order valence-electron chi connectivity index (χ4n) is 2.36. The lowest BCUT2D eigenvalue weighted by Crippen LogP contribution is -2.32. The van der Waals surface area contributed by atoms with Crippen LogP contribution < -0.4 is 25.0 Å². The van der Waals surface area contributed by atoms with Gasteiger partial charge in [-0.1, -0.05) is 13.3 Å². The van der Waals surface area contributed by atoms with E-state index in [4.69, 9.17) is 14.2 Å². The highest BCUT2D eigenvalue weighted by atomic mass is 16.7. The Kier molecular flexibility index (Phi) is 6.46. The lowest BCUT2D eigenvalue weighted by atomic mass is 10.2. The van der Waals surface area contributed by atoms with E-state index in [0.29, 0.717) is 23.8 Å². The number of fused-ring (bicyclic) bond motifs is 1. The number of nitrogens with zero attached hydrogens (tertiary/aromatic N) is 1. The maximum absolute atomic E-state index is 11.9. The highest BCUT2D eigenvalue weighted by molar-refractivity contribution is 6.39. The molecule has 8 heteroatoms. The molecule has 0 unspecified atom stereocenters. The Morgan fingerprint density at radius 1 is 1.11 bits per heavy atom. The fourth-order valence-corrected chi connectivity index (χ4v) is 2.36. The molecule has 0 saturated carbocycles. The second kappa shape index (κ2) is 9.40. The summed E-state index contributed by atoms with van der Waals surface area (Å²) in [7, 11) is 0. The van der Waals surface area contributed by atoms with Gasteiger partial charge >= 0.3 is 11.8 Å². The second-order valence-electron chi connectivity index (χ2n) is 5.99. The van der Waals surface area contributed by atoms with E-state index in [-0.39, 0.29) is 6.79 Å². The number of unbranched alkanes of at least 4 members (excludes halogenated alkanes) is 1. The van der Waals surface area contributed by atoms with E-state index < -0.39 is 11.8 Å². The minimum Gasteiger partial charge on any atom is -0.494 e. The van der Waals surface area contributed by atoms with Gasteiger partial charge in [0, 0.05) is 11.8 Å². The van der Waals surface area contributed by atoms with Crippen LogP contribution in [-0.4, -0.2) is 31.4 Å². The van der Waals surface area contributed by atoms with Crippen molar-refractivity contribution < 1.29 is 23.8 Å². The Balaban J connectivity index is 1.47. The van der Waals surface area contributed by atoms with Crippen molar-refractivity contribution in [2.75, 3.05) is 18.7 Å². The third-order valence-corrected chi connectivity index (χ3v) is 3.86. The molecule has 2 N–H and O–H groups in total. The predicted octanol–water partition coefficient (Wildman–Crippen LogP) is 2.68. The number of amides is 2. The number of rotatable bonds is 7. The first kappa shape index (κ1) is 19.2. The summed E-state index contributed by atoms with van der Waals surface area (Å²) in [4.78, 5) is 23.8. The van der Waals surface area contributed by atoms with Gasteiger partial charge in [0.2, 0.25) is 6.79 Å². The second-order valence-corrected chi connectivity index (χ2v) is 5.99. The molecule has 0 aromatic heterocycles. The predicted molar refractivity (Wildman–Crippen MR) is 104 cm³/mol. The van der Waals surface area contributed by atoms with Gasteiger partial charge in [-0.15, -0.1) is 0 Å². The molecule has 0 saturated heterocycles. The molecule has 0 fully saturated rings. The summed E-state index contributed by atoms with van der Waals surface area (Å²) in [6.45, 7) is 2.92. The number of carbonyl (C=O) groups excluding carboxylic acids is 2. The quantitative estimate of drug-likeness (QED) is 0.332. The maximum Gasteiger partial charge on any atom is 0.329 e. The highest BCUT2D eigenvalue weighted by Gasteiger charge is 2.17. The van der Waals surface area contributed by atoms with Crippen LogP contribution in [0.2, 0.25) is 0 Å². The number of hydrazone groups is 1. The van der Waals surface area contributed by atoms with Crippen molar-refractivity contribution >= 4 is 23.7 Å². The Hall–Kier alpha value is -3.55. The van der Waals surface area contributed by atoms with Crippen molar-refractivity contribution in [3.63, 3.8) is 0 Å². The van der Waals surface area contributed by atoms with E-state index in [1.807, 2.05) is 24.3 Å². The van der Waals surface area contributed by atoms with E-state index in [1.54, 1.807) is 18.2 Å².